The van der Waals surface area contributed by atoms with Crippen LogP contribution in [0.4, 0.5) is 0 Å². The quantitative estimate of drug-likeness (QED) is 0.894. The molecule has 1 saturated heterocycles. The molecule has 1 fully saturated rings. The van der Waals surface area contributed by atoms with Crippen LogP contribution in [0, 0.1) is 0 Å². The van der Waals surface area contributed by atoms with Gasteiger partial charge in [-0.1, -0.05) is 42.5 Å². The van der Waals surface area contributed by atoms with Gasteiger partial charge in [0.1, 0.15) is 0 Å². The molecule has 0 aliphatic carbocycles. The first-order valence-electron chi connectivity index (χ1n) is 8.32. The Kier molecular flexibility index (Phi) is 5.11. The third-order valence-electron chi connectivity index (χ3n) is 4.48. The van der Waals surface area contributed by atoms with E-state index in [4.69, 9.17) is 0 Å². The second-order valence-corrected chi connectivity index (χ2v) is 6.20. The van der Waals surface area contributed by atoms with Crippen LogP contribution in [0.1, 0.15) is 18.4 Å². The zero-order valence-electron chi connectivity index (χ0n) is 13.6. The van der Waals surface area contributed by atoms with Crippen molar-refractivity contribution in [3.05, 3.63) is 48.0 Å². The molecule has 1 aliphatic rings. The molecule has 0 radical (unpaired) electrons. The van der Waals surface area contributed by atoms with E-state index in [1.54, 1.807) is 4.90 Å². The fraction of sp³-hybridized carbons (Fsp3) is 0.368. The summed E-state index contributed by atoms with van der Waals surface area (Å²) in [6.07, 6.45) is 1.16. The van der Waals surface area contributed by atoms with Gasteiger partial charge in [-0.2, -0.15) is 0 Å². The molecule has 2 amide bonds. The highest BCUT2D eigenvalue weighted by Crippen LogP contribution is 2.18. The van der Waals surface area contributed by atoms with Crippen LogP contribution in [0.15, 0.2) is 42.5 Å². The fourth-order valence-electron chi connectivity index (χ4n) is 3.08. The van der Waals surface area contributed by atoms with Crippen molar-refractivity contribution >= 4 is 22.6 Å². The van der Waals surface area contributed by atoms with Gasteiger partial charge in [-0.3, -0.25) is 9.59 Å². The predicted molar refractivity (Wildman–Crippen MR) is 92.5 cm³/mol. The maximum absolute atomic E-state index is 12.2. The Labute approximate surface area is 141 Å². The van der Waals surface area contributed by atoms with E-state index in [0.29, 0.717) is 25.9 Å². The number of fused-ring (bicyclic) bond motifs is 1. The summed E-state index contributed by atoms with van der Waals surface area (Å²) in [7, 11) is 0. The summed E-state index contributed by atoms with van der Waals surface area (Å²) in [6.45, 7) is 1.12. The first kappa shape index (κ1) is 16.5. The van der Waals surface area contributed by atoms with Crippen molar-refractivity contribution in [2.75, 3.05) is 19.6 Å². The number of benzene rings is 2. The summed E-state index contributed by atoms with van der Waals surface area (Å²) in [4.78, 5) is 26.0. The van der Waals surface area contributed by atoms with Crippen LogP contribution in [0.25, 0.3) is 10.8 Å². The van der Waals surface area contributed by atoms with E-state index in [0.717, 1.165) is 16.3 Å². The highest BCUT2D eigenvalue weighted by molar-refractivity contribution is 5.91. The number of aliphatic hydroxyl groups excluding tert-OH is 1. The van der Waals surface area contributed by atoms with Gasteiger partial charge in [-0.15, -0.1) is 0 Å². The Bertz CT molecular complexity index is 731. The molecule has 5 nitrogen and oxygen atoms in total. The number of hydrogen-bond acceptors (Lipinski definition) is 3. The van der Waals surface area contributed by atoms with E-state index in [-0.39, 0.29) is 30.9 Å². The third kappa shape index (κ3) is 3.92. The summed E-state index contributed by atoms with van der Waals surface area (Å²) in [5.41, 5.74) is 0.958. The molecular formula is C19H22N2O3. The van der Waals surface area contributed by atoms with Gasteiger partial charge in [-0.25, -0.2) is 0 Å². The van der Waals surface area contributed by atoms with E-state index < -0.39 is 0 Å². The van der Waals surface area contributed by atoms with Gasteiger partial charge >= 0.3 is 0 Å². The minimum atomic E-state index is -0.310. The Hall–Kier alpha value is -2.40. The van der Waals surface area contributed by atoms with Crippen LogP contribution in [0.2, 0.25) is 0 Å². The van der Waals surface area contributed by atoms with E-state index in [1.165, 1.54) is 0 Å². The molecule has 0 unspecified atom stereocenters. The smallest absolute Gasteiger partial charge is 0.241 e. The third-order valence-corrected chi connectivity index (χ3v) is 4.48. The Morgan fingerprint density at radius 1 is 1.08 bits per heavy atom. The number of rotatable bonds is 4. The van der Waals surface area contributed by atoms with Crippen LogP contribution in [-0.2, 0) is 16.0 Å². The van der Waals surface area contributed by atoms with Crippen LogP contribution in [0.5, 0.6) is 0 Å². The lowest BCUT2D eigenvalue weighted by Crippen LogP contribution is -2.45. The first-order valence-corrected chi connectivity index (χ1v) is 8.32. The van der Waals surface area contributed by atoms with E-state index in [2.05, 4.69) is 5.32 Å². The van der Waals surface area contributed by atoms with Gasteiger partial charge in [0, 0.05) is 13.1 Å². The van der Waals surface area contributed by atoms with Gasteiger partial charge in [-0.05, 0) is 29.2 Å². The Morgan fingerprint density at radius 2 is 1.79 bits per heavy atom. The fourth-order valence-corrected chi connectivity index (χ4v) is 3.08. The number of hydrogen-bond donors (Lipinski definition) is 2. The maximum Gasteiger partial charge on any atom is 0.241 e. The molecule has 0 aromatic heterocycles. The number of likely N-dealkylation sites (tertiary alicyclic amines) is 1. The number of piperidine rings is 1. The van der Waals surface area contributed by atoms with Crippen molar-refractivity contribution in [1.29, 1.82) is 0 Å². The number of carbonyl (C=O) groups excluding carboxylic acids is 2. The van der Waals surface area contributed by atoms with E-state index in [9.17, 15) is 14.7 Å². The van der Waals surface area contributed by atoms with Gasteiger partial charge in [0.25, 0.3) is 0 Å². The summed E-state index contributed by atoms with van der Waals surface area (Å²) in [5, 5.41) is 14.3. The standard InChI is InChI=1S/C19H22N2O3/c22-16-8-10-21(11-9-16)19(24)13-20-18(23)12-15-6-3-5-14-4-1-2-7-17(14)15/h1-7,16,22H,8-13H2,(H,20,23). The average molecular weight is 326 g/mol. The van der Waals surface area contributed by atoms with Crippen molar-refractivity contribution in [1.82, 2.24) is 10.2 Å². The molecule has 24 heavy (non-hydrogen) atoms. The summed E-state index contributed by atoms with van der Waals surface area (Å²) in [5.74, 6) is -0.245. The van der Waals surface area contributed by atoms with Crippen LogP contribution < -0.4 is 5.32 Å². The Morgan fingerprint density at radius 3 is 2.58 bits per heavy atom. The molecule has 2 aromatic carbocycles. The number of nitrogens with one attached hydrogen (secondary N) is 1. The molecule has 2 aromatic rings. The lowest BCUT2D eigenvalue weighted by atomic mass is 10.0. The number of nitrogens with zero attached hydrogens (tertiary/aromatic N) is 1. The normalized spacial score (nSPS) is 15.5. The molecule has 0 atom stereocenters. The minimum absolute atomic E-state index is 0.0136. The van der Waals surface area contributed by atoms with Crippen LogP contribution in [0.3, 0.4) is 0 Å². The van der Waals surface area contributed by atoms with Crippen LogP contribution in [-0.4, -0.2) is 47.6 Å². The molecule has 126 valence electrons. The van der Waals surface area contributed by atoms with Gasteiger partial charge in [0.2, 0.25) is 11.8 Å². The molecule has 0 spiro atoms. The lowest BCUT2D eigenvalue weighted by Gasteiger charge is -2.29. The van der Waals surface area contributed by atoms with Gasteiger partial charge < -0.3 is 15.3 Å². The zero-order valence-corrected chi connectivity index (χ0v) is 13.6. The predicted octanol–water partition coefficient (Wildman–Crippen LogP) is 1.48. The summed E-state index contributed by atoms with van der Waals surface area (Å²) in [6, 6.07) is 13.8. The van der Waals surface area contributed by atoms with Crippen molar-refractivity contribution in [2.24, 2.45) is 0 Å². The Balaban J connectivity index is 1.55. The largest absolute Gasteiger partial charge is 0.393 e. The minimum Gasteiger partial charge on any atom is -0.393 e. The highest BCUT2D eigenvalue weighted by atomic mass is 16.3. The van der Waals surface area contributed by atoms with Crippen molar-refractivity contribution < 1.29 is 14.7 Å². The average Bonchev–Trinajstić information content (AvgIpc) is 2.61. The monoisotopic (exact) mass is 326 g/mol. The van der Waals surface area contributed by atoms with Crippen molar-refractivity contribution in [3.8, 4) is 0 Å². The van der Waals surface area contributed by atoms with Gasteiger partial charge in [0.15, 0.2) is 0 Å². The molecule has 5 heteroatoms. The number of carbonyl (C=O) groups is 2. The number of amides is 2. The van der Waals surface area contributed by atoms with E-state index in [1.807, 2.05) is 42.5 Å². The molecule has 2 N–H and O–H groups in total. The second-order valence-electron chi connectivity index (χ2n) is 6.20. The molecule has 1 heterocycles. The number of aliphatic hydroxyl groups is 1. The van der Waals surface area contributed by atoms with Crippen LogP contribution >= 0.6 is 0 Å². The second kappa shape index (κ2) is 7.45. The highest BCUT2D eigenvalue weighted by Gasteiger charge is 2.21. The van der Waals surface area contributed by atoms with Gasteiger partial charge in [0.05, 0.1) is 19.1 Å². The summed E-state index contributed by atoms with van der Waals surface area (Å²) >= 11 is 0. The SMILES string of the molecule is O=C(Cc1cccc2ccccc12)NCC(=O)N1CCC(O)CC1. The molecule has 3 rings (SSSR count). The molecule has 1 aliphatic heterocycles. The first-order chi connectivity index (χ1) is 11.6. The zero-order chi connectivity index (χ0) is 16.9. The molecule has 0 saturated carbocycles. The van der Waals surface area contributed by atoms with E-state index >= 15 is 0 Å². The molecular weight excluding hydrogens is 304 g/mol. The summed E-state index contributed by atoms with van der Waals surface area (Å²) < 4.78 is 0. The van der Waals surface area contributed by atoms with Crippen molar-refractivity contribution in [3.63, 3.8) is 0 Å². The topological polar surface area (TPSA) is 69.6 Å². The molecule has 0 bridgehead atoms. The van der Waals surface area contributed by atoms with Crippen molar-refractivity contribution in [2.45, 2.75) is 25.4 Å². The lowest BCUT2D eigenvalue weighted by molar-refractivity contribution is -0.134. The maximum atomic E-state index is 12.2.